The Bertz CT molecular complexity index is 1640. The SMILES string of the molecule is COCCN1C(=O)/C(=C/c2cn(CC(=O)Nc3cccc(C)c3)c3ccccc23)C(=O)N(c2ccccc2)C1=O. The van der Waals surface area contributed by atoms with Crippen molar-refractivity contribution in [1.82, 2.24) is 9.47 Å². The fraction of sp³-hybridized carbons (Fsp3) is 0.161. The molecule has 1 aliphatic heterocycles. The number of aryl methyl sites for hydroxylation is 1. The zero-order chi connectivity index (χ0) is 28.2. The Balaban J connectivity index is 1.52. The molecule has 0 aliphatic carbocycles. The molecule has 9 heteroatoms. The van der Waals surface area contributed by atoms with Gasteiger partial charge in [0.15, 0.2) is 0 Å². The van der Waals surface area contributed by atoms with Gasteiger partial charge in [0, 0.05) is 35.5 Å². The largest absolute Gasteiger partial charge is 0.383 e. The van der Waals surface area contributed by atoms with Crippen LogP contribution in [0.5, 0.6) is 0 Å². The fourth-order valence-electron chi connectivity index (χ4n) is 4.71. The molecule has 0 spiro atoms. The summed E-state index contributed by atoms with van der Waals surface area (Å²) >= 11 is 0. The van der Waals surface area contributed by atoms with E-state index in [-0.39, 0.29) is 31.2 Å². The van der Waals surface area contributed by atoms with E-state index in [4.69, 9.17) is 4.74 Å². The standard InChI is InChI=1S/C31H28N4O5/c1-21-9-8-10-23(17-21)32-28(36)20-33-19-22(25-13-6-7-14-27(25)33)18-26-29(37)34(15-16-40-2)31(39)35(30(26)38)24-11-4-3-5-12-24/h3-14,17-19H,15-16,20H2,1-2H3,(H,32,36)/b26-18-. The number of carbonyl (C=O) groups is 4. The van der Waals surface area contributed by atoms with Crippen molar-refractivity contribution in [1.29, 1.82) is 0 Å². The minimum Gasteiger partial charge on any atom is -0.383 e. The van der Waals surface area contributed by atoms with E-state index in [9.17, 15) is 19.2 Å². The lowest BCUT2D eigenvalue weighted by atomic mass is 10.0. The van der Waals surface area contributed by atoms with Crippen molar-refractivity contribution in [2.45, 2.75) is 13.5 Å². The lowest BCUT2D eigenvalue weighted by molar-refractivity contribution is -0.129. The zero-order valence-electron chi connectivity index (χ0n) is 22.2. The summed E-state index contributed by atoms with van der Waals surface area (Å²) < 4.78 is 6.87. The third-order valence-corrected chi connectivity index (χ3v) is 6.60. The number of amides is 5. The highest BCUT2D eigenvalue weighted by Gasteiger charge is 2.42. The van der Waals surface area contributed by atoms with E-state index >= 15 is 0 Å². The van der Waals surface area contributed by atoms with Crippen molar-refractivity contribution in [3.63, 3.8) is 0 Å². The van der Waals surface area contributed by atoms with Crippen LogP contribution < -0.4 is 10.2 Å². The number of fused-ring (bicyclic) bond motifs is 1. The van der Waals surface area contributed by atoms with Crippen molar-refractivity contribution < 1.29 is 23.9 Å². The Labute approximate surface area is 231 Å². The number of nitrogens with zero attached hydrogens (tertiary/aromatic N) is 3. The van der Waals surface area contributed by atoms with E-state index in [1.54, 1.807) is 41.1 Å². The Hall–Kier alpha value is -5.02. The van der Waals surface area contributed by atoms with E-state index in [1.807, 2.05) is 55.5 Å². The van der Waals surface area contributed by atoms with Gasteiger partial charge < -0.3 is 14.6 Å². The van der Waals surface area contributed by atoms with Crippen LogP contribution in [0.1, 0.15) is 11.1 Å². The van der Waals surface area contributed by atoms with Crippen LogP contribution in [-0.2, 0) is 25.7 Å². The first-order valence-corrected chi connectivity index (χ1v) is 12.8. The first-order chi connectivity index (χ1) is 19.4. The van der Waals surface area contributed by atoms with Crippen LogP contribution >= 0.6 is 0 Å². The number of benzene rings is 3. The van der Waals surface area contributed by atoms with E-state index in [1.165, 1.54) is 13.2 Å². The van der Waals surface area contributed by atoms with E-state index < -0.39 is 17.8 Å². The number of methoxy groups -OCH3 is 1. The summed E-state index contributed by atoms with van der Waals surface area (Å²) in [6.45, 7) is 2.08. The molecule has 2 heterocycles. The number of urea groups is 1. The number of hydrogen-bond acceptors (Lipinski definition) is 5. The highest BCUT2D eigenvalue weighted by molar-refractivity contribution is 6.39. The molecule has 4 aromatic rings. The first-order valence-electron chi connectivity index (χ1n) is 12.8. The Morgan fingerprint density at radius 3 is 2.42 bits per heavy atom. The molecule has 5 amide bonds. The van der Waals surface area contributed by atoms with Crippen LogP contribution in [0.4, 0.5) is 16.2 Å². The number of aromatic nitrogens is 1. The van der Waals surface area contributed by atoms with Gasteiger partial charge in [-0.05, 0) is 48.9 Å². The van der Waals surface area contributed by atoms with Crippen molar-refractivity contribution in [3.05, 3.63) is 102 Å². The second-order valence-corrected chi connectivity index (χ2v) is 9.41. The number of carbonyl (C=O) groups excluding carboxylic acids is 4. The molecule has 0 bridgehead atoms. The topological polar surface area (TPSA) is 101 Å². The number of para-hydroxylation sites is 2. The monoisotopic (exact) mass is 536 g/mol. The molecule has 0 saturated carbocycles. The summed E-state index contributed by atoms with van der Waals surface area (Å²) in [5.41, 5.74) is 3.26. The van der Waals surface area contributed by atoms with Gasteiger partial charge in [-0.25, -0.2) is 9.69 Å². The molecule has 0 unspecified atom stereocenters. The van der Waals surface area contributed by atoms with Gasteiger partial charge in [0.05, 0.1) is 18.8 Å². The quantitative estimate of drug-likeness (QED) is 0.262. The average Bonchev–Trinajstić information content (AvgIpc) is 3.28. The van der Waals surface area contributed by atoms with Crippen LogP contribution in [0.25, 0.3) is 17.0 Å². The van der Waals surface area contributed by atoms with Crippen molar-refractivity contribution in [2.75, 3.05) is 30.5 Å². The molecule has 1 aliphatic rings. The maximum absolute atomic E-state index is 13.6. The van der Waals surface area contributed by atoms with Gasteiger partial charge in [-0.1, -0.05) is 48.5 Å². The fourth-order valence-corrected chi connectivity index (χ4v) is 4.71. The Kier molecular flexibility index (Phi) is 7.56. The number of anilines is 2. The van der Waals surface area contributed by atoms with E-state index in [2.05, 4.69) is 5.32 Å². The highest BCUT2D eigenvalue weighted by atomic mass is 16.5. The third-order valence-electron chi connectivity index (χ3n) is 6.60. The number of barbiturate groups is 1. The lowest BCUT2D eigenvalue weighted by Gasteiger charge is -2.33. The molecule has 40 heavy (non-hydrogen) atoms. The summed E-state index contributed by atoms with van der Waals surface area (Å²) in [4.78, 5) is 55.2. The van der Waals surface area contributed by atoms with Gasteiger partial charge in [0.1, 0.15) is 12.1 Å². The Morgan fingerprint density at radius 1 is 0.925 bits per heavy atom. The second kappa shape index (κ2) is 11.4. The first kappa shape index (κ1) is 26.6. The van der Waals surface area contributed by atoms with Crippen LogP contribution in [0.3, 0.4) is 0 Å². The minimum atomic E-state index is -0.731. The van der Waals surface area contributed by atoms with Gasteiger partial charge in [0.25, 0.3) is 11.8 Å². The minimum absolute atomic E-state index is 0.0109. The highest BCUT2D eigenvalue weighted by Crippen LogP contribution is 2.29. The summed E-state index contributed by atoms with van der Waals surface area (Å²) in [5.74, 6) is -1.64. The summed E-state index contributed by atoms with van der Waals surface area (Å²) in [5, 5.41) is 3.66. The van der Waals surface area contributed by atoms with Crippen LogP contribution in [0.2, 0.25) is 0 Å². The second-order valence-electron chi connectivity index (χ2n) is 9.41. The molecule has 1 fully saturated rings. The van der Waals surface area contributed by atoms with Crippen molar-refractivity contribution in [2.24, 2.45) is 0 Å². The van der Waals surface area contributed by atoms with Gasteiger partial charge >= 0.3 is 6.03 Å². The van der Waals surface area contributed by atoms with Gasteiger partial charge in [-0.2, -0.15) is 0 Å². The third kappa shape index (κ3) is 5.27. The molecule has 1 N–H and O–H groups in total. The molecule has 0 radical (unpaired) electrons. The average molecular weight is 537 g/mol. The molecule has 3 aromatic carbocycles. The molecule has 1 saturated heterocycles. The Morgan fingerprint density at radius 2 is 1.68 bits per heavy atom. The predicted octanol–water partition coefficient (Wildman–Crippen LogP) is 4.61. The smallest absolute Gasteiger partial charge is 0.338 e. The molecule has 9 nitrogen and oxygen atoms in total. The molecule has 5 rings (SSSR count). The normalized spacial score (nSPS) is 14.8. The summed E-state index contributed by atoms with van der Waals surface area (Å²) in [6, 6.07) is 22.7. The van der Waals surface area contributed by atoms with Crippen LogP contribution in [0, 0.1) is 6.92 Å². The van der Waals surface area contributed by atoms with Crippen LogP contribution in [0.15, 0.2) is 90.6 Å². The predicted molar refractivity (Wildman–Crippen MR) is 153 cm³/mol. The van der Waals surface area contributed by atoms with Gasteiger partial charge in [-0.15, -0.1) is 0 Å². The number of imide groups is 2. The van der Waals surface area contributed by atoms with Crippen molar-refractivity contribution >= 4 is 52.1 Å². The molecule has 202 valence electrons. The summed E-state index contributed by atoms with van der Waals surface area (Å²) in [7, 11) is 1.47. The molecular weight excluding hydrogens is 508 g/mol. The van der Waals surface area contributed by atoms with Gasteiger partial charge in [0.2, 0.25) is 5.91 Å². The molecule has 0 atom stereocenters. The number of hydrogen-bond donors (Lipinski definition) is 1. The molecular formula is C31H28N4O5. The lowest BCUT2D eigenvalue weighted by Crippen LogP contribution is -2.57. The van der Waals surface area contributed by atoms with E-state index in [0.717, 1.165) is 26.3 Å². The maximum atomic E-state index is 13.6. The van der Waals surface area contributed by atoms with Crippen molar-refractivity contribution in [3.8, 4) is 0 Å². The van der Waals surface area contributed by atoms with E-state index in [0.29, 0.717) is 16.9 Å². The maximum Gasteiger partial charge on any atom is 0.338 e. The van der Waals surface area contributed by atoms with Crippen LogP contribution in [-0.4, -0.2) is 53.5 Å². The summed E-state index contributed by atoms with van der Waals surface area (Å²) in [6.07, 6.45) is 3.22. The number of ether oxygens (including phenoxy) is 1. The zero-order valence-corrected chi connectivity index (χ0v) is 22.2. The number of nitrogens with one attached hydrogen (secondary N) is 1. The van der Waals surface area contributed by atoms with Gasteiger partial charge in [-0.3, -0.25) is 19.3 Å². The number of rotatable bonds is 8. The molecule has 1 aromatic heterocycles.